The smallest absolute Gasteiger partial charge is 0.314 e. The Balaban J connectivity index is 0.000000537. The number of ketones is 1. The molecule has 4 nitrogen and oxygen atoms in total. The average molecular weight is 471 g/mol. The zero-order chi connectivity index (χ0) is 22.0. The molecule has 2 N–H and O–H groups in total. The van der Waals surface area contributed by atoms with Gasteiger partial charge in [0.2, 0.25) is 0 Å². The first-order chi connectivity index (χ1) is 13.5. The van der Waals surface area contributed by atoms with Crippen LogP contribution >= 0.6 is 15.9 Å². The van der Waals surface area contributed by atoms with E-state index in [1.807, 2.05) is 0 Å². The van der Waals surface area contributed by atoms with Crippen LogP contribution in [0.15, 0.2) is 12.2 Å². The van der Waals surface area contributed by atoms with E-state index < -0.39 is 5.97 Å². The van der Waals surface area contributed by atoms with E-state index in [1.165, 1.54) is 19.3 Å². The van der Waals surface area contributed by atoms with Gasteiger partial charge in [0.15, 0.2) is 5.78 Å². The van der Waals surface area contributed by atoms with Gasteiger partial charge >= 0.3 is 5.97 Å². The van der Waals surface area contributed by atoms with Gasteiger partial charge in [-0.2, -0.15) is 0 Å². The van der Waals surface area contributed by atoms with Crippen LogP contribution in [0.2, 0.25) is 0 Å². The first kappa shape index (κ1) is 24.6. The van der Waals surface area contributed by atoms with Crippen LogP contribution in [0.4, 0.5) is 0 Å². The molecule has 0 aromatic rings. The van der Waals surface area contributed by atoms with Crippen LogP contribution in [0.25, 0.3) is 0 Å². The highest BCUT2D eigenvalue weighted by molar-refractivity contribution is 9.09. The summed E-state index contributed by atoms with van der Waals surface area (Å²) >= 11 is 2.71. The molecule has 3 aliphatic rings. The topological polar surface area (TPSA) is 74.6 Å². The second kappa shape index (κ2) is 9.64. The zero-order valence-electron chi connectivity index (χ0n) is 18.5. The quantitative estimate of drug-likeness (QED) is 0.398. The molecule has 6 atom stereocenters. The van der Waals surface area contributed by atoms with Gasteiger partial charge in [0.1, 0.15) is 5.33 Å². The highest BCUT2D eigenvalue weighted by Gasteiger charge is 2.62. The number of aliphatic hydroxyl groups excluding tert-OH is 1. The van der Waals surface area contributed by atoms with Gasteiger partial charge in [-0.25, -0.2) is 0 Å². The van der Waals surface area contributed by atoms with E-state index in [2.05, 4.69) is 50.2 Å². The Hall–Kier alpha value is -0.680. The fourth-order valence-electron chi connectivity index (χ4n) is 6.63. The van der Waals surface area contributed by atoms with Crippen molar-refractivity contribution in [1.82, 2.24) is 0 Å². The highest BCUT2D eigenvalue weighted by atomic mass is 79.9. The van der Waals surface area contributed by atoms with Crippen molar-refractivity contribution < 1.29 is 19.8 Å². The van der Waals surface area contributed by atoms with E-state index >= 15 is 0 Å². The predicted molar refractivity (Wildman–Crippen MR) is 120 cm³/mol. The molecule has 0 heterocycles. The Kier molecular flexibility index (Phi) is 8.17. The van der Waals surface area contributed by atoms with Gasteiger partial charge in [0.05, 0.1) is 0 Å². The second-order valence-corrected chi connectivity index (χ2v) is 10.8. The number of alkyl halides is 1. The first-order valence-electron chi connectivity index (χ1n) is 11.2. The fourth-order valence-corrected chi connectivity index (χ4v) is 6.63. The molecule has 3 aliphatic carbocycles. The summed E-state index contributed by atoms with van der Waals surface area (Å²) in [5.74, 6) is 2.19. The third-order valence-corrected chi connectivity index (χ3v) is 8.84. The normalized spacial score (nSPS) is 37.9. The van der Waals surface area contributed by atoms with Gasteiger partial charge in [-0.15, -0.1) is 0 Å². The number of hydrogen-bond donors (Lipinski definition) is 2. The zero-order valence-corrected chi connectivity index (χ0v) is 20.1. The van der Waals surface area contributed by atoms with E-state index in [-0.39, 0.29) is 16.7 Å². The van der Waals surface area contributed by atoms with Gasteiger partial charge < -0.3 is 10.2 Å². The summed E-state index contributed by atoms with van der Waals surface area (Å²) < 4.78 is 0. The number of carboxylic acid groups (broad SMARTS) is 1. The molecule has 3 fully saturated rings. The summed E-state index contributed by atoms with van der Waals surface area (Å²) in [6.45, 7) is 14.0. The summed E-state index contributed by atoms with van der Waals surface area (Å²) in [5, 5.41) is 16.9. The number of carbonyl (C=O) groups excluding carboxylic acids is 1. The number of fused-ring (bicyclic) bond motifs is 1. The SMILES string of the molecule is C=C1C(=O)C2CCC([C@]3(C)C[C@@H]3CCCO)C(C)(C)C2C[C@@H]1CC.O=C(O)CBr. The lowest BCUT2D eigenvalue weighted by molar-refractivity contribution is -0.134. The summed E-state index contributed by atoms with van der Waals surface area (Å²) in [7, 11) is 0. The minimum absolute atomic E-state index is 0.0347. The Bertz CT molecular complexity index is 628. The molecule has 0 saturated heterocycles. The van der Waals surface area contributed by atoms with E-state index in [0.29, 0.717) is 35.6 Å². The van der Waals surface area contributed by atoms with Gasteiger partial charge in [0, 0.05) is 12.5 Å². The molecule has 5 heteroatoms. The number of carbonyl (C=O) groups is 2. The molecule has 0 aliphatic heterocycles. The van der Waals surface area contributed by atoms with Gasteiger partial charge in [-0.05, 0) is 85.0 Å². The summed E-state index contributed by atoms with van der Waals surface area (Å²) in [5.41, 5.74) is 1.57. The van der Waals surface area contributed by atoms with Crippen molar-refractivity contribution in [1.29, 1.82) is 0 Å². The molecule has 0 amide bonds. The lowest BCUT2D eigenvalue weighted by Crippen LogP contribution is -2.50. The van der Waals surface area contributed by atoms with Crippen LogP contribution in [0.5, 0.6) is 0 Å². The third-order valence-electron chi connectivity index (χ3n) is 8.36. The van der Waals surface area contributed by atoms with E-state index in [4.69, 9.17) is 10.2 Å². The van der Waals surface area contributed by atoms with Crippen molar-refractivity contribution in [3.63, 3.8) is 0 Å². The van der Waals surface area contributed by atoms with Crippen molar-refractivity contribution >= 4 is 27.7 Å². The van der Waals surface area contributed by atoms with Crippen LogP contribution in [-0.4, -0.2) is 33.9 Å². The molecule has 3 saturated carbocycles. The monoisotopic (exact) mass is 470 g/mol. The molecule has 0 aromatic carbocycles. The van der Waals surface area contributed by atoms with Crippen LogP contribution in [0.3, 0.4) is 0 Å². The van der Waals surface area contributed by atoms with Crippen molar-refractivity contribution in [2.75, 3.05) is 11.9 Å². The summed E-state index contributed by atoms with van der Waals surface area (Å²) in [6.07, 6.45) is 7.88. The van der Waals surface area contributed by atoms with Crippen molar-refractivity contribution in [2.45, 2.75) is 72.6 Å². The lowest BCUT2D eigenvalue weighted by atomic mass is 9.49. The molecule has 3 rings (SSSR count). The number of aliphatic carboxylic acids is 1. The minimum Gasteiger partial charge on any atom is -0.481 e. The molecular weight excluding hydrogens is 432 g/mol. The van der Waals surface area contributed by atoms with Gasteiger partial charge in [-0.3, -0.25) is 9.59 Å². The molecule has 0 spiro atoms. The molecule has 0 bridgehead atoms. The molecule has 0 radical (unpaired) electrons. The highest BCUT2D eigenvalue weighted by Crippen LogP contribution is 2.69. The Morgan fingerprint density at radius 3 is 2.41 bits per heavy atom. The molecule has 166 valence electrons. The number of aliphatic hydroxyl groups is 1. The minimum atomic E-state index is -0.829. The van der Waals surface area contributed by atoms with E-state index in [9.17, 15) is 9.59 Å². The first-order valence-corrected chi connectivity index (χ1v) is 12.3. The number of Topliss-reactive ketones (excluding diaryl/α,β-unsaturated/α-hetero) is 1. The standard InChI is InChI=1S/C22H36O2.C2H3BrO2/c1-6-15-12-18-17(20(24)14(15)2)9-10-19(21(18,3)4)22(5)13-16(22)8-7-11-23;3-1-2(4)5/h15-19,23H,2,6-13H2,1,3-5H3;1H2,(H,4,5)/t15-,16-,17?,18?,19?,22+;/m0./s1. The van der Waals surface area contributed by atoms with Gasteiger partial charge in [-0.1, -0.05) is 50.2 Å². The molecule has 3 unspecified atom stereocenters. The van der Waals surface area contributed by atoms with Crippen LogP contribution in [-0.2, 0) is 9.59 Å². The van der Waals surface area contributed by atoms with Crippen LogP contribution in [0.1, 0.15) is 72.6 Å². The average Bonchev–Trinajstić information content (AvgIpc) is 3.33. The molecular formula is C24H39BrO4. The van der Waals surface area contributed by atoms with Crippen molar-refractivity contribution in [3.8, 4) is 0 Å². The Labute approximate surface area is 184 Å². The number of rotatable bonds is 6. The molecule has 29 heavy (non-hydrogen) atoms. The van der Waals surface area contributed by atoms with Crippen molar-refractivity contribution in [3.05, 3.63) is 12.2 Å². The van der Waals surface area contributed by atoms with Crippen LogP contribution in [0, 0.1) is 40.4 Å². The van der Waals surface area contributed by atoms with E-state index in [1.54, 1.807) is 0 Å². The molecule has 0 aromatic heterocycles. The third kappa shape index (κ3) is 4.98. The Morgan fingerprint density at radius 1 is 1.28 bits per heavy atom. The maximum absolute atomic E-state index is 12.9. The lowest BCUT2D eigenvalue weighted by Gasteiger charge is -2.54. The van der Waals surface area contributed by atoms with E-state index in [0.717, 1.165) is 37.2 Å². The predicted octanol–water partition coefficient (Wildman–Crippen LogP) is 5.47. The number of carboxylic acids is 1. The number of hydrogen-bond acceptors (Lipinski definition) is 3. The fraction of sp³-hybridized carbons (Fsp3) is 0.833. The maximum Gasteiger partial charge on any atom is 0.314 e. The van der Waals surface area contributed by atoms with Crippen LogP contribution < -0.4 is 0 Å². The Morgan fingerprint density at radius 2 is 1.90 bits per heavy atom. The second-order valence-electron chi connectivity index (χ2n) is 10.2. The summed E-state index contributed by atoms with van der Waals surface area (Å²) in [4.78, 5) is 22.2. The maximum atomic E-state index is 12.9. The van der Waals surface area contributed by atoms with Gasteiger partial charge in [0.25, 0.3) is 0 Å². The summed E-state index contributed by atoms with van der Waals surface area (Å²) in [6, 6.07) is 0. The largest absolute Gasteiger partial charge is 0.481 e. The number of allylic oxidation sites excluding steroid dienone is 1. The van der Waals surface area contributed by atoms with Crippen molar-refractivity contribution in [2.24, 2.45) is 40.4 Å². The number of halogens is 1.